The SMILES string of the molecule is Cc1nc(N2CCN(CCN3C(=O)c4ccccc4C3=O)CC2)cc(-n2cccn2)n1. The van der Waals surface area contributed by atoms with Gasteiger partial charge in [0.1, 0.15) is 11.6 Å². The maximum absolute atomic E-state index is 12.5. The number of carbonyl (C=O) groups is 2. The van der Waals surface area contributed by atoms with E-state index in [0.29, 0.717) is 30.0 Å². The summed E-state index contributed by atoms with van der Waals surface area (Å²) in [5.74, 6) is 1.96. The number of piperazine rings is 1. The second kappa shape index (κ2) is 7.92. The van der Waals surface area contributed by atoms with Crippen LogP contribution in [-0.4, -0.2) is 80.6 Å². The van der Waals surface area contributed by atoms with Crippen molar-refractivity contribution in [2.24, 2.45) is 0 Å². The van der Waals surface area contributed by atoms with Crippen molar-refractivity contribution in [1.29, 1.82) is 0 Å². The third-order valence-corrected chi connectivity index (χ3v) is 5.76. The molecule has 31 heavy (non-hydrogen) atoms. The Morgan fingerprint density at radius 2 is 1.55 bits per heavy atom. The van der Waals surface area contributed by atoms with Gasteiger partial charge in [-0.05, 0) is 25.1 Å². The number of amides is 2. The van der Waals surface area contributed by atoms with Crippen molar-refractivity contribution in [1.82, 2.24) is 29.5 Å². The maximum atomic E-state index is 12.5. The molecule has 2 aliphatic heterocycles. The molecular weight excluding hydrogens is 394 g/mol. The van der Waals surface area contributed by atoms with E-state index in [-0.39, 0.29) is 11.8 Å². The molecule has 0 unspecified atom stereocenters. The first-order valence-corrected chi connectivity index (χ1v) is 10.4. The number of carbonyl (C=O) groups excluding carboxylic acids is 2. The number of rotatable bonds is 5. The van der Waals surface area contributed by atoms with Gasteiger partial charge >= 0.3 is 0 Å². The van der Waals surface area contributed by atoms with Gasteiger partial charge < -0.3 is 4.90 Å². The number of hydrogen-bond acceptors (Lipinski definition) is 7. The highest BCUT2D eigenvalue weighted by Crippen LogP contribution is 2.22. The molecule has 2 amide bonds. The Hall–Kier alpha value is -3.59. The van der Waals surface area contributed by atoms with Gasteiger partial charge in [0.15, 0.2) is 5.82 Å². The number of aryl methyl sites for hydroxylation is 1. The normalized spacial score (nSPS) is 16.8. The van der Waals surface area contributed by atoms with Gasteiger partial charge in [0.05, 0.1) is 11.1 Å². The number of hydrogen-bond donors (Lipinski definition) is 0. The molecule has 5 rings (SSSR count). The fraction of sp³-hybridized carbons (Fsp3) is 0.318. The fourth-order valence-electron chi connectivity index (χ4n) is 4.10. The highest BCUT2D eigenvalue weighted by Gasteiger charge is 2.35. The molecule has 0 spiro atoms. The molecule has 0 N–H and O–H groups in total. The lowest BCUT2D eigenvalue weighted by atomic mass is 10.1. The summed E-state index contributed by atoms with van der Waals surface area (Å²) in [6.07, 6.45) is 3.59. The topological polar surface area (TPSA) is 87.5 Å². The van der Waals surface area contributed by atoms with Crippen molar-refractivity contribution in [2.75, 3.05) is 44.2 Å². The molecule has 9 heteroatoms. The van der Waals surface area contributed by atoms with E-state index in [4.69, 9.17) is 0 Å². The molecule has 0 saturated carbocycles. The number of anilines is 1. The summed E-state index contributed by atoms with van der Waals surface area (Å²) in [5.41, 5.74) is 1.01. The Morgan fingerprint density at radius 3 is 2.19 bits per heavy atom. The van der Waals surface area contributed by atoms with Gasteiger partial charge in [0.25, 0.3) is 11.8 Å². The van der Waals surface area contributed by atoms with Gasteiger partial charge in [-0.3, -0.25) is 19.4 Å². The van der Waals surface area contributed by atoms with E-state index >= 15 is 0 Å². The number of fused-ring (bicyclic) bond motifs is 1. The lowest BCUT2D eigenvalue weighted by Gasteiger charge is -2.36. The van der Waals surface area contributed by atoms with E-state index in [2.05, 4.69) is 24.9 Å². The molecule has 1 aromatic carbocycles. The molecular formula is C22H23N7O2. The van der Waals surface area contributed by atoms with Crippen LogP contribution in [0.15, 0.2) is 48.8 Å². The molecule has 0 atom stereocenters. The van der Waals surface area contributed by atoms with Gasteiger partial charge in [-0.1, -0.05) is 12.1 Å². The van der Waals surface area contributed by atoms with Crippen LogP contribution in [0, 0.1) is 6.92 Å². The molecule has 1 fully saturated rings. The van der Waals surface area contributed by atoms with Crippen LogP contribution in [-0.2, 0) is 0 Å². The Morgan fingerprint density at radius 1 is 0.871 bits per heavy atom. The molecule has 3 aromatic rings. The number of imide groups is 1. The van der Waals surface area contributed by atoms with Crippen molar-refractivity contribution in [3.05, 3.63) is 65.7 Å². The van der Waals surface area contributed by atoms with Gasteiger partial charge in [-0.25, -0.2) is 14.6 Å². The van der Waals surface area contributed by atoms with Crippen LogP contribution < -0.4 is 4.90 Å². The number of nitrogens with zero attached hydrogens (tertiary/aromatic N) is 7. The average Bonchev–Trinajstić information content (AvgIpc) is 3.41. The third-order valence-electron chi connectivity index (χ3n) is 5.76. The summed E-state index contributed by atoms with van der Waals surface area (Å²) >= 11 is 0. The van der Waals surface area contributed by atoms with Crippen molar-refractivity contribution in [3.63, 3.8) is 0 Å². The van der Waals surface area contributed by atoms with Crippen molar-refractivity contribution in [3.8, 4) is 5.82 Å². The highest BCUT2D eigenvalue weighted by atomic mass is 16.2. The number of aromatic nitrogens is 4. The Balaban J connectivity index is 1.19. The maximum Gasteiger partial charge on any atom is 0.261 e. The van der Waals surface area contributed by atoms with Crippen molar-refractivity contribution >= 4 is 17.6 Å². The van der Waals surface area contributed by atoms with Crippen LogP contribution in [0.25, 0.3) is 5.82 Å². The smallest absolute Gasteiger partial charge is 0.261 e. The Bertz CT molecular complexity index is 1090. The summed E-state index contributed by atoms with van der Waals surface area (Å²) in [5, 5.41) is 4.26. The van der Waals surface area contributed by atoms with Crippen LogP contribution in [0.1, 0.15) is 26.5 Å². The molecule has 4 heterocycles. The summed E-state index contributed by atoms with van der Waals surface area (Å²) < 4.78 is 1.73. The average molecular weight is 417 g/mol. The summed E-state index contributed by atoms with van der Waals surface area (Å²) in [6.45, 7) is 6.26. The monoisotopic (exact) mass is 417 g/mol. The zero-order valence-corrected chi connectivity index (χ0v) is 17.3. The molecule has 158 valence electrons. The molecule has 0 bridgehead atoms. The molecule has 1 saturated heterocycles. The molecule has 0 radical (unpaired) electrons. The first-order valence-electron chi connectivity index (χ1n) is 10.4. The predicted molar refractivity (Wildman–Crippen MR) is 114 cm³/mol. The van der Waals surface area contributed by atoms with E-state index in [1.54, 1.807) is 35.1 Å². The minimum atomic E-state index is -0.193. The van der Waals surface area contributed by atoms with Gasteiger partial charge in [-0.2, -0.15) is 5.10 Å². The standard InChI is InChI=1S/C22H23N7O2/c1-16-24-19(15-20(25-16)29-8-4-7-23-29)27-12-9-26(10-13-27)11-14-28-21(30)17-5-2-3-6-18(17)22(28)31/h2-8,15H,9-14H2,1H3. The fourth-order valence-corrected chi connectivity index (χ4v) is 4.10. The van der Waals surface area contributed by atoms with Gasteiger partial charge in [0.2, 0.25) is 0 Å². The third kappa shape index (κ3) is 3.68. The quantitative estimate of drug-likeness (QED) is 0.580. The second-order valence-electron chi connectivity index (χ2n) is 7.72. The van der Waals surface area contributed by atoms with Crippen LogP contribution >= 0.6 is 0 Å². The Labute approximate surface area is 179 Å². The van der Waals surface area contributed by atoms with E-state index in [0.717, 1.165) is 37.8 Å². The van der Waals surface area contributed by atoms with E-state index < -0.39 is 0 Å². The van der Waals surface area contributed by atoms with Crippen LogP contribution in [0.3, 0.4) is 0 Å². The zero-order chi connectivity index (χ0) is 21.4. The minimum Gasteiger partial charge on any atom is -0.354 e. The largest absolute Gasteiger partial charge is 0.354 e. The summed E-state index contributed by atoms with van der Waals surface area (Å²) in [4.78, 5) is 40.0. The van der Waals surface area contributed by atoms with Crippen molar-refractivity contribution in [2.45, 2.75) is 6.92 Å². The summed E-state index contributed by atoms with van der Waals surface area (Å²) in [7, 11) is 0. The Kier molecular flexibility index (Phi) is 4.95. The first kappa shape index (κ1) is 19.4. The minimum absolute atomic E-state index is 0.193. The van der Waals surface area contributed by atoms with Crippen LogP contribution in [0.4, 0.5) is 5.82 Å². The molecule has 2 aliphatic rings. The van der Waals surface area contributed by atoms with Crippen LogP contribution in [0.2, 0.25) is 0 Å². The van der Waals surface area contributed by atoms with Gasteiger partial charge in [0, 0.05) is 57.7 Å². The van der Waals surface area contributed by atoms with E-state index in [1.165, 1.54) is 4.90 Å². The van der Waals surface area contributed by atoms with Crippen LogP contribution in [0.5, 0.6) is 0 Å². The lowest BCUT2D eigenvalue weighted by molar-refractivity contribution is 0.0635. The molecule has 9 nitrogen and oxygen atoms in total. The van der Waals surface area contributed by atoms with Gasteiger partial charge in [-0.15, -0.1) is 0 Å². The van der Waals surface area contributed by atoms with E-state index in [9.17, 15) is 9.59 Å². The van der Waals surface area contributed by atoms with Crippen molar-refractivity contribution < 1.29 is 9.59 Å². The summed E-state index contributed by atoms with van der Waals surface area (Å²) in [6, 6.07) is 10.8. The first-order chi connectivity index (χ1) is 15.1. The zero-order valence-electron chi connectivity index (χ0n) is 17.3. The molecule has 0 aliphatic carbocycles. The predicted octanol–water partition coefficient (Wildman–Crippen LogP) is 1.39. The van der Waals surface area contributed by atoms with E-state index in [1.807, 2.05) is 25.3 Å². The molecule has 2 aromatic heterocycles. The number of benzene rings is 1. The lowest BCUT2D eigenvalue weighted by Crippen LogP contribution is -2.49. The highest BCUT2D eigenvalue weighted by molar-refractivity contribution is 6.21. The second-order valence-corrected chi connectivity index (χ2v) is 7.72.